The summed E-state index contributed by atoms with van der Waals surface area (Å²) in [5.41, 5.74) is 0.989. The van der Waals surface area contributed by atoms with Crippen molar-refractivity contribution in [3.8, 4) is 5.75 Å². The highest BCUT2D eigenvalue weighted by Gasteiger charge is 2.34. The van der Waals surface area contributed by atoms with Gasteiger partial charge < -0.3 is 10.1 Å². The van der Waals surface area contributed by atoms with E-state index in [0.717, 1.165) is 44.6 Å². The summed E-state index contributed by atoms with van der Waals surface area (Å²) in [5, 5.41) is 3.36. The second kappa shape index (κ2) is 10.2. The van der Waals surface area contributed by atoms with E-state index in [9.17, 15) is 13.2 Å². The average Bonchev–Trinajstić information content (AvgIpc) is 3.04. The van der Waals surface area contributed by atoms with Crippen molar-refractivity contribution in [3.05, 3.63) is 28.8 Å². The van der Waals surface area contributed by atoms with Crippen LogP contribution in [0.2, 0.25) is 5.02 Å². The quantitative estimate of drug-likeness (QED) is 0.702. The number of hydrogen-bond acceptors (Lipinski definition) is 3. The topological polar surface area (TPSA) is 24.5 Å². The Kier molecular flexibility index (Phi) is 9.30. The molecule has 150 valence electrons. The van der Waals surface area contributed by atoms with Crippen molar-refractivity contribution in [1.82, 2.24) is 10.2 Å². The van der Waals surface area contributed by atoms with Gasteiger partial charge in [-0.1, -0.05) is 30.5 Å². The van der Waals surface area contributed by atoms with Crippen LogP contribution in [0.4, 0.5) is 13.2 Å². The van der Waals surface area contributed by atoms with Gasteiger partial charge in [0.1, 0.15) is 5.75 Å². The molecule has 0 radical (unpaired) electrons. The number of hydrogen-bond donors (Lipinski definition) is 1. The Balaban J connectivity index is 0.00000169. The molecule has 1 aromatic carbocycles. The van der Waals surface area contributed by atoms with Gasteiger partial charge in [-0.25, -0.2) is 0 Å². The van der Waals surface area contributed by atoms with Crippen molar-refractivity contribution in [1.29, 1.82) is 0 Å². The van der Waals surface area contributed by atoms with Gasteiger partial charge >= 0.3 is 6.36 Å². The predicted octanol–water partition coefficient (Wildman–Crippen LogP) is 5.22. The van der Waals surface area contributed by atoms with Crippen molar-refractivity contribution in [3.63, 3.8) is 0 Å². The zero-order valence-corrected chi connectivity index (χ0v) is 16.6. The number of benzene rings is 1. The third-order valence-electron chi connectivity index (χ3n) is 4.91. The van der Waals surface area contributed by atoms with Crippen molar-refractivity contribution in [2.24, 2.45) is 5.92 Å². The SMILES string of the molecule is Cl.Cl.FC(F)(F)Oc1ccc([C@@H](C2CCCC2)N2CCNCC2)cc1Cl. The monoisotopic (exact) mass is 434 g/mol. The number of nitrogens with zero attached hydrogens (tertiary/aromatic N) is 1. The largest absolute Gasteiger partial charge is 0.573 e. The van der Waals surface area contributed by atoms with Gasteiger partial charge in [0.05, 0.1) is 5.02 Å². The lowest BCUT2D eigenvalue weighted by Crippen LogP contribution is -2.46. The van der Waals surface area contributed by atoms with E-state index in [1.54, 1.807) is 12.1 Å². The Morgan fingerprint density at radius 3 is 2.27 bits per heavy atom. The molecule has 26 heavy (non-hydrogen) atoms. The van der Waals surface area contributed by atoms with Crippen LogP contribution in [0.15, 0.2) is 18.2 Å². The lowest BCUT2D eigenvalue weighted by molar-refractivity contribution is -0.274. The van der Waals surface area contributed by atoms with Crippen molar-refractivity contribution in [2.45, 2.75) is 38.1 Å². The molecule has 1 aliphatic carbocycles. The molecule has 1 saturated heterocycles. The number of piperazine rings is 1. The van der Waals surface area contributed by atoms with Gasteiger partial charge in [0, 0.05) is 32.2 Å². The summed E-state index contributed by atoms with van der Waals surface area (Å²) in [5.74, 6) is 0.201. The summed E-state index contributed by atoms with van der Waals surface area (Å²) in [6, 6.07) is 4.94. The van der Waals surface area contributed by atoms with Gasteiger partial charge in [0.25, 0.3) is 0 Å². The number of ether oxygens (including phenoxy) is 1. The summed E-state index contributed by atoms with van der Waals surface area (Å²) in [7, 11) is 0. The van der Waals surface area contributed by atoms with Crippen molar-refractivity contribution < 1.29 is 17.9 Å². The molecule has 1 heterocycles. The number of alkyl halides is 3. The molecule has 0 bridgehead atoms. The number of halogens is 6. The molecule has 1 aliphatic heterocycles. The fourth-order valence-electron chi connectivity index (χ4n) is 3.92. The summed E-state index contributed by atoms with van der Waals surface area (Å²) >= 11 is 6.07. The van der Waals surface area contributed by atoms with Gasteiger partial charge in [-0.2, -0.15) is 0 Å². The minimum Gasteiger partial charge on any atom is -0.404 e. The van der Waals surface area contributed by atoms with Crippen LogP contribution in [0, 0.1) is 5.92 Å². The molecule has 0 amide bonds. The van der Waals surface area contributed by atoms with E-state index >= 15 is 0 Å². The van der Waals surface area contributed by atoms with Crippen LogP contribution in [0.3, 0.4) is 0 Å². The first-order valence-electron chi connectivity index (χ1n) is 8.44. The lowest BCUT2D eigenvalue weighted by atomic mass is 9.89. The average molecular weight is 436 g/mol. The highest BCUT2D eigenvalue weighted by Crippen LogP contribution is 2.41. The Bertz CT molecular complexity index is 563. The van der Waals surface area contributed by atoms with Crippen LogP contribution in [-0.2, 0) is 0 Å². The van der Waals surface area contributed by atoms with E-state index in [-0.39, 0.29) is 41.6 Å². The first-order chi connectivity index (χ1) is 11.4. The lowest BCUT2D eigenvalue weighted by Gasteiger charge is -2.38. The fourth-order valence-corrected chi connectivity index (χ4v) is 4.15. The summed E-state index contributed by atoms with van der Waals surface area (Å²) in [6.07, 6.45) is 0.0289. The van der Waals surface area contributed by atoms with Crippen LogP contribution in [0.5, 0.6) is 5.75 Å². The van der Waals surface area contributed by atoms with E-state index in [1.165, 1.54) is 18.9 Å². The van der Waals surface area contributed by atoms with Gasteiger partial charge in [0.2, 0.25) is 0 Å². The number of rotatable bonds is 4. The molecule has 0 aromatic heterocycles. The van der Waals surface area contributed by atoms with Crippen LogP contribution >= 0.6 is 36.4 Å². The zero-order valence-electron chi connectivity index (χ0n) is 14.2. The second-order valence-corrected chi connectivity index (χ2v) is 6.92. The Morgan fingerprint density at radius 2 is 1.73 bits per heavy atom. The molecule has 1 aromatic rings. The highest BCUT2D eigenvalue weighted by molar-refractivity contribution is 6.32. The third kappa shape index (κ3) is 6.06. The summed E-state index contributed by atoms with van der Waals surface area (Å²) in [6.45, 7) is 3.76. The van der Waals surface area contributed by atoms with Gasteiger partial charge in [0.15, 0.2) is 0 Å². The molecule has 1 atom stereocenters. The smallest absolute Gasteiger partial charge is 0.404 e. The first-order valence-corrected chi connectivity index (χ1v) is 8.82. The molecular weight excluding hydrogens is 412 g/mol. The highest BCUT2D eigenvalue weighted by atomic mass is 35.5. The molecule has 3 rings (SSSR count). The molecule has 2 fully saturated rings. The van der Waals surface area contributed by atoms with Crippen LogP contribution in [0.25, 0.3) is 0 Å². The predicted molar refractivity (Wildman–Crippen MR) is 102 cm³/mol. The minimum atomic E-state index is -4.73. The minimum absolute atomic E-state index is 0. The summed E-state index contributed by atoms with van der Waals surface area (Å²) < 4.78 is 41.2. The molecule has 1 N–H and O–H groups in total. The van der Waals surface area contributed by atoms with E-state index < -0.39 is 6.36 Å². The van der Waals surface area contributed by atoms with Gasteiger partial charge in [-0.3, -0.25) is 4.90 Å². The molecule has 9 heteroatoms. The molecule has 3 nitrogen and oxygen atoms in total. The van der Waals surface area contributed by atoms with E-state index in [0.29, 0.717) is 5.92 Å². The molecule has 2 aliphatic rings. The molecule has 0 spiro atoms. The fraction of sp³-hybridized carbons (Fsp3) is 0.647. The maximum atomic E-state index is 12.4. The third-order valence-corrected chi connectivity index (χ3v) is 5.21. The van der Waals surface area contributed by atoms with Crippen LogP contribution in [-0.4, -0.2) is 37.4 Å². The van der Waals surface area contributed by atoms with Gasteiger partial charge in [-0.05, 0) is 36.5 Å². The Labute approximate surface area is 169 Å². The molecule has 1 saturated carbocycles. The van der Waals surface area contributed by atoms with Crippen molar-refractivity contribution in [2.75, 3.05) is 26.2 Å². The Morgan fingerprint density at radius 1 is 1.12 bits per heavy atom. The van der Waals surface area contributed by atoms with E-state index in [4.69, 9.17) is 11.6 Å². The number of nitrogens with one attached hydrogen (secondary N) is 1. The zero-order chi connectivity index (χ0) is 17.2. The van der Waals surface area contributed by atoms with Crippen LogP contribution < -0.4 is 10.1 Å². The van der Waals surface area contributed by atoms with E-state index in [2.05, 4.69) is 15.0 Å². The van der Waals surface area contributed by atoms with Crippen LogP contribution in [0.1, 0.15) is 37.3 Å². The normalized spacial score (nSPS) is 20.2. The maximum Gasteiger partial charge on any atom is 0.573 e. The standard InChI is InChI=1S/C17H22ClF3N2O.2ClH/c18-14-11-13(5-6-15(14)24-17(19,20)21)16(12-3-1-2-4-12)23-9-7-22-8-10-23;;/h5-6,11-12,16,22H,1-4,7-10H2;2*1H/t16-;;/m1../s1. The van der Waals surface area contributed by atoms with Gasteiger partial charge in [-0.15, -0.1) is 38.0 Å². The van der Waals surface area contributed by atoms with Crippen molar-refractivity contribution >= 4 is 36.4 Å². The maximum absolute atomic E-state index is 12.4. The first kappa shape index (κ1) is 23.6. The Hall–Kier alpha value is -0.400. The molecule has 0 unspecified atom stereocenters. The second-order valence-electron chi connectivity index (χ2n) is 6.51. The molecular formula is C17H24Cl3F3N2O. The van der Waals surface area contributed by atoms with E-state index in [1.807, 2.05) is 0 Å². The summed E-state index contributed by atoms with van der Waals surface area (Å²) in [4.78, 5) is 2.43.